The summed E-state index contributed by atoms with van der Waals surface area (Å²) in [6.07, 6.45) is 1.57. The van der Waals surface area contributed by atoms with Crippen LogP contribution in [-0.4, -0.2) is 37.1 Å². The Labute approximate surface area is 199 Å². The van der Waals surface area contributed by atoms with Crippen LogP contribution in [0.4, 0.5) is 0 Å². The van der Waals surface area contributed by atoms with E-state index in [0.29, 0.717) is 39.7 Å². The first kappa shape index (κ1) is 21.7. The number of aromatic amines is 1. The van der Waals surface area contributed by atoms with Crippen molar-refractivity contribution in [3.05, 3.63) is 99.9 Å². The summed E-state index contributed by atoms with van der Waals surface area (Å²) in [5.74, 6) is 0.686. The van der Waals surface area contributed by atoms with Gasteiger partial charge in [-0.2, -0.15) is 5.10 Å². The number of amides is 1. The van der Waals surface area contributed by atoms with E-state index in [0.717, 1.165) is 5.69 Å². The second-order valence-corrected chi connectivity index (χ2v) is 8.07. The zero-order valence-corrected chi connectivity index (χ0v) is 19.0. The minimum Gasteiger partial charge on any atom is -0.463 e. The first-order valence-electron chi connectivity index (χ1n) is 10.7. The lowest BCUT2D eigenvalue weighted by atomic mass is 10.2. The zero-order chi connectivity index (χ0) is 23.7. The molecule has 0 aliphatic rings. The summed E-state index contributed by atoms with van der Waals surface area (Å²) in [6, 6.07) is 19.5. The van der Waals surface area contributed by atoms with Gasteiger partial charge in [0, 0.05) is 17.6 Å². The maximum atomic E-state index is 13.4. The zero-order valence-electron chi connectivity index (χ0n) is 18.2. The van der Waals surface area contributed by atoms with E-state index in [1.54, 1.807) is 64.4 Å². The molecular weight excluding hydrogens is 454 g/mol. The van der Waals surface area contributed by atoms with E-state index in [9.17, 15) is 9.59 Å². The van der Waals surface area contributed by atoms with E-state index in [-0.39, 0.29) is 23.7 Å². The van der Waals surface area contributed by atoms with Crippen LogP contribution in [-0.2, 0) is 6.54 Å². The number of fused-ring (bicyclic) bond motifs is 1. The highest BCUT2D eigenvalue weighted by molar-refractivity contribution is 6.30. The molecular formula is C25H20ClN5O3. The SMILES string of the molecule is CCN(Cc1nc2ccccc2c(=O)[nH]1)C(=O)c1cc(-c2ccco2)n(-c2ccc(Cl)cc2)n1. The summed E-state index contributed by atoms with van der Waals surface area (Å²) in [6.45, 7) is 2.40. The number of carbonyl (C=O) groups excluding carboxylic acids is 1. The molecule has 0 radical (unpaired) electrons. The third-order valence-corrected chi connectivity index (χ3v) is 5.70. The van der Waals surface area contributed by atoms with Crippen LogP contribution >= 0.6 is 11.6 Å². The topological polar surface area (TPSA) is 97.0 Å². The first-order valence-corrected chi connectivity index (χ1v) is 11.1. The van der Waals surface area contributed by atoms with E-state index >= 15 is 0 Å². The first-order chi connectivity index (χ1) is 16.5. The van der Waals surface area contributed by atoms with Gasteiger partial charge < -0.3 is 14.3 Å². The highest BCUT2D eigenvalue weighted by Crippen LogP contribution is 2.26. The van der Waals surface area contributed by atoms with Crippen LogP contribution in [0.5, 0.6) is 0 Å². The Hall–Kier alpha value is -4.17. The number of carbonyl (C=O) groups is 1. The summed E-state index contributed by atoms with van der Waals surface area (Å²) in [5.41, 5.74) is 1.95. The molecule has 0 fully saturated rings. The quantitative estimate of drug-likeness (QED) is 0.386. The minimum absolute atomic E-state index is 0.138. The number of hydrogen-bond donors (Lipinski definition) is 1. The van der Waals surface area contributed by atoms with E-state index in [1.807, 2.05) is 25.1 Å². The number of H-pyrrole nitrogens is 1. The largest absolute Gasteiger partial charge is 0.463 e. The predicted octanol–water partition coefficient (Wildman–Crippen LogP) is 4.68. The molecule has 0 saturated carbocycles. The van der Waals surface area contributed by atoms with Crippen LogP contribution in [0.25, 0.3) is 28.0 Å². The van der Waals surface area contributed by atoms with Gasteiger partial charge in [0.15, 0.2) is 11.5 Å². The van der Waals surface area contributed by atoms with Gasteiger partial charge in [-0.25, -0.2) is 9.67 Å². The molecule has 5 rings (SSSR count). The third-order valence-electron chi connectivity index (χ3n) is 5.44. The molecule has 0 unspecified atom stereocenters. The fourth-order valence-electron chi connectivity index (χ4n) is 3.74. The Balaban J connectivity index is 1.50. The van der Waals surface area contributed by atoms with Gasteiger partial charge in [0.2, 0.25) is 0 Å². The molecule has 1 amide bonds. The van der Waals surface area contributed by atoms with Gasteiger partial charge in [0.25, 0.3) is 11.5 Å². The van der Waals surface area contributed by atoms with E-state index < -0.39 is 0 Å². The Morgan fingerprint density at radius 3 is 2.65 bits per heavy atom. The van der Waals surface area contributed by atoms with E-state index in [2.05, 4.69) is 15.1 Å². The van der Waals surface area contributed by atoms with Crippen molar-refractivity contribution in [2.75, 3.05) is 6.54 Å². The summed E-state index contributed by atoms with van der Waals surface area (Å²) >= 11 is 6.04. The molecule has 0 bridgehead atoms. The molecule has 0 aliphatic heterocycles. The van der Waals surface area contributed by atoms with Gasteiger partial charge in [-0.1, -0.05) is 23.7 Å². The van der Waals surface area contributed by atoms with Crippen LogP contribution in [0.15, 0.2) is 82.2 Å². The molecule has 34 heavy (non-hydrogen) atoms. The predicted molar refractivity (Wildman–Crippen MR) is 129 cm³/mol. The standard InChI is InChI=1S/C25H20ClN5O3/c1-2-30(15-23-27-19-7-4-3-6-18(19)24(32)28-23)25(33)20-14-21(22-8-5-13-34-22)31(29-20)17-11-9-16(26)10-12-17/h3-14H,2,15H2,1H3,(H,27,28,32). The molecule has 9 heteroatoms. The highest BCUT2D eigenvalue weighted by Gasteiger charge is 2.23. The Morgan fingerprint density at radius 1 is 1.12 bits per heavy atom. The number of benzene rings is 2. The number of nitrogens with zero attached hydrogens (tertiary/aromatic N) is 4. The van der Waals surface area contributed by atoms with Gasteiger partial charge in [-0.3, -0.25) is 9.59 Å². The number of halogens is 1. The second-order valence-electron chi connectivity index (χ2n) is 7.63. The molecule has 8 nitrogen and oxygen atoms in total. The van der Waals surface area contributed by atoms with Gasteiger partial charge in [0.05, 0.1) is 29.4 Å². The van der Waals surface area contributed by atoms with Gasteiger partial charge in [0.1, 0.15) is 11.5 Å². The monoisotopic (exact) mass is 473 g/mol. The molecule has 0 spiro atoms. The van der Waals surface area contributed by atoms with Crippen LogP contribution in [0.3, 0.4) is 0 Å². The van der Waals surface area contributed by atoms with Crippen molar-refractivity contribution in [3.8, 4) is 17.1 Å². The molecule has 0 aliphatic carbocycles. The molecule has 2 aromatic carbocycles. The summed E-state index contributed by atoms with van der Waals surface area (Å²) in [5, 5.41) is 5.68. The number of aromatic nitrogens is 4. The number of nitrogens with one attached hydrogen (secondary N) is 1. The molecule has 170 valence electrons. The minimum atomic E-state index is -0.293. The number of para-hydroxylation sites is 1. The maximum absolute atomic E-state index is 13.4. The number of rotatable bonds is 6. The number of hydrogen-bond acceptors (Lipinski definition) is 5. The average Bonchev–Trinajstić information content (AvgIpc) is 3.53. The van der Waals surface area contributed by atoms with Crippen molar-refractivity contribution >= 4 is 28.4 Å². The van der Waals surface area contributed by atoms with Crippen molar-refractivity contribution in [1.82, 2.24) is 24.6 Å². The molecule has 0 atom stereocenters. The van der Waals surface area contributed by atoms with Crippen LogP contribution in [0.1, 0.15) is 23.2 Å². The van der Waals surface area contributed by atoms with Crippen LogP contribution in [0, 0.1) is 0 Å². The van der Waals surface area contributed by atoms with Crippen LogP contribution in [0.2, 0.25) is 5.02 Å². The number of furan rings is 1. The van der Waals surface area contributed by atoms with Crippen molar-refractivity contribution in [2.45, 2.75) is 13.5 Å². The summed E-state index contributed by atoms with van der Waals surface area (Å²) in [4.78, 5) is 34.7. The Bertz CT molecular complexity index is 1520. The molecule has 0 saturated heterocycles. The normalized spacial score (nSPS) is 11.1. The fourth-order valence-corrected chi connectivity index (χ4v) is 3.87. The smallest absolute Gasteiger partial charge is 0.274 e. The molecule has 3 heterocycles. The van der Waals surface area contributed by atoms with Crippen LogP contribution < -0.4 is 5.56 Å². The van der Waals surface area contributed by atoms with Gasteiger partial charge in [-0.05, 0) is 55.5 Å². The Kier molecular flexibility index (Phi) is 5.73. The summed E-state index contributed by atoms with van der Waals surface area (Å²) < 4.78 is 7.22. The van der Waals surface area contributed by atoms with Crippen molar-refractivity contribution < 1.29 is 9.21 Å². The lowest BCUT2D eigenvalue weighted by Crippen LogP contribution is -2.32. The maximum Gasteiger partial charge on any atom is 0.274 e. The molecule has 3 aromatic heterocycles. The highest BCUT2D eigenvalue weighted by atomic mass is 35.5. The second kappa shape index (κ2) is 8.99. The van der Waals surface area contributed by atoms with Crippen molar-refractivity contribution in [2.24, 2.45) is 0 Å². The van der Waals surface area contributed by atoms with Gasteiger partial charge >= 0.3 is 0 Å². The lowest BCUT2D eigenvalue weighted by molar-refractivity contribution is 0.0742. The van der Waals surface area contributed by atoms with Crippen molar-refractivity contribution in [1.29, 1.82) is 0 Å². The third kappa shape index (κ3) is 4.11. The lowest BCUT2D eigenvalue weighted by Gasteiger charge is -2.19. The van der Waals surface area contributed by atoms with E-state index in [1.165, 1.54) is 0 Å². The fraction of sp³-hybridized carbons (Fsp3) is 0.120. The van der Waals surface area contributed by atoms with Gasteiger partial charge in [-0.15, -0.1) is 0 Å². The summed E-state index contributed by atoms with van der Waals surface area (Å²) in [7, 11) is 0. The molecule has 5 aromatic rings. The Morgan fingerprint density at radius 2 is 1.91 bits per heavy atom. The molecule has 1 N–H and O–H groups in total. The van der Waals surface area contributed by atoms with Crippen molar-refractivity contribution in [3.63, 3.8) is 0 Å². The average molecular weight is 474 g/mol. The van der Waals surface area contributed by atoms with E-state index in [4.69, 9.17) is 16.0 Å².